The molecule has 0 aliphatic heterocycles. The summed E-state index contributed by atoms with van der Waals surface area (Å²) in [7, 11) is 1.55. The molecule has 0 radical (unpaired) electrons. The number of halogens is 2. The highest BCUT2D eigenvalue weighted by Gasteiger charge is 2.18. The summed E-state index contributed by atoms with van der Waals surface area (Å²) in [6, 6.07) is 4.66. The Morgan fingerprint density at radius 3 is 3.00 bits per heavy atom. The van der Waals surface area contributed by atoms with Crippen LogP contribution >= 0.6 is 22.9 Å². The molecule has 0 aliphatic rings. The van der Waals surface area contributed by atoms with Crippen LogP contribution in [-0.4, -0.2) is 26.2 Å². The first-order chi connectivity index (χ1) is 8.65. The Bertz CT molecular complexity index is 585. The minimum Gasteiger partial charge on any atom is -0.383 e. The molecule has 96 valence electrons. The molecule has 0 unspecified atom stereocenters. The normalized spacial score (nSPS) is 10.8. The molecule has 0 spiro atoms. The lowest BCUT2D eigenvalue weighted by Gasteiger charge is -2.02. The zero-order chi connectivity index (χ0) is 13.1. The van der Waals surface area contributed by atoms with E-state index >= 15 is 0 Å². The minimum absolute atomic E-state index is 0.169. The molecule has 6 heteroatoms. The first-order valence-electron chi connectivity index (χ1n) is 5.28. The number of thiophene rings is 1. The van der Waals surface area contributed by atoms with Crippen molar-refractivity contribution in [3.05, 3.63) is 33.9 Å². The Kier molecular flexibility index (Phi) is 4.16. The predicted molar refractivity (Wildman–Crippen MR) is 71.0 cm³/mol. The second-order valence-electron chi connectivity index (χ2n) is 3.61. The Labute approximate surface area is 113 Å². The van der Waals surface area contributed by atoms with E-state index in [1.165, 1.54) is 17.4 Å². The van der Waals surface area contributed by atoms with Gasteiger partial charge in [-0.15, -0.1) is 11.3 Å². The summed E-state index contributed by atoms with van der Waals surface area (Å²) in [6.45, 7) is 0.811. The number of rotatable bonds is 4. The zero-order valence-electron chi connectivity index (χ0n) is 9.63. The van der Waals surface area contributed by atoms with Crippen LogP contribution in [0.25, 0.3) is 10.1 Å². The second kappa shape index (κ2) is 5.65. The van der Waals surface area contributed by atoms with Crippen LogP contribution in [0.4, 0.5) is 4.39 Å². The number of hydrogen-bond acceptors (Lipinski definition) is 3. The number of methoxy groups -OCH3 is 1. The van der Waals surface area contributed by atoms with Gasteiger partial charge in [-0.3, -0.25) is 4.79 Å². The standard InChI is InChI=1S/C12H11ClFNO2S/c1-17-6-5-15-12(16)11-10(13)9-7(14)3-2-4-8(9)18-11/h2-4H,5-6H2,1H3,(H,15,16). The van der Waals surface area contributed by atoms with E-state index < -0.39 is 5.82 Å². The average molecular weight is 288 g/mol. The number of benzene rings is 1. The Hall–Kier alpha value is -1.17. The lowest BCUT2D eigenvalue weighted by Crippen LogP contribution is -2.26. The van der Waals surface area contributed by atoms with Gasteiger partial charge in [-0.2, -0.15) is 0 Å². The summed E-state index contributed by atoms with van der Waals surface area (Å²) in [6.07, 6.45) is 0. The maximum atomic E-state index is 13.6. The van der Waals surface area contributed by atoms with Gasteiger partial charge in [-0.05, 0) is 12.1 Å². The molecule has 0 saturated carbocycles. The third-order valence-corrected chi connectivity index (χ3v) is 4.05. The van der Waals surface area contributed by atoms with Crippen LogP contribution in [0, 0.1) is 5.82 Å². The number of hydrogen-bond donors (Lipinski definition) is 1. The van der Waals surface area contributed by atoms with Crippen molar-refractivity contribution in [2.75, 3.05) is 20.3 Å². The Morgan fingerprint density at radius 2 is 2.33 bits per heavy atom. The average Bonchev–Trinajstić information content (AvgIpc) is 2.68. The van der Waals surface area contributed by atoms with Crippen LogP contribution in [-0.2, 0) is 4.74 Å². The molecule has 18 heavy (non-hydrogen) atoms. The van der Waals surface area contributed by atoms with E-state index in [4.69, 9.17) is 16.3 Å². The fourth-order valence-corrected chi connectivity index (χ4v) is 3.04. The molecule has 0 aliphatic carbocycles. The van der Waals surface area contributed by atoms with Gasteiger partial charge in [0.25, 0.3) is 5.91 Å². The molecule has 0 bridgehead atoms. The van der Waals surface area contributed by atoms with Gasteiger partial charge in [0.05, 0.1) is 11.6 Å². The van der Waals surface area contributed by atoms with Crippen LogP contribution in [0.3, 0.4) is 0 Å². The lowest BCUT2D eigenvalue weighted by molar-refractivity contribution is 0.0941. The van der Waals surface area contributed by atoms with Crippen molar-refractivity contribution in [2.24, 2.45) is 0 Å². The fourth-order valence-electron chi connectivity index (χ4n) is 1.56. The second-order valence-corrected chi connectivity index (χ2v) is 5.04. The molecule has 1 aromatic heterocycles. The SMILES string of the molecule is COCCNC(=O)c1sc2cccc(F)c2c1Cl. The van der Waals surface area contributed by atoms with Gasteiger partial charge >= 0.3 is 0 Å². The summed E-state index contributed by atoms with van der Waals surface area (Å²) in [5.41, 5.74) is 0. The molecule has 3 nitrogen and oxygen atoms in total. The van der Waals surface area contributed by atoms with Crippen molar-refractivity contribution in [1.29, 1.82) is 0 Å². The topological polar surface area (TPSA) is 38.3 Å². The third kappa shape index (κ3) is 2.48. The fraction of sp³-hybridized carbons (Fsp3) is 0.250. The molecule has 1 N–H and O–H groups in total. The third-order valence-electron chi connectivity index (χ3n) is 2.40. The monoisotopic (exact) mass is 287 g/mol. The molecule has 2 rings (SSSR count). The highest BCUT2D eigenvalue weighted by atomic mass is 35.5. The molecule has 1 aromatic carbocycles. The molecule has 0 atom stereocenters. The Morgan fingerprint density at radius 1 is 1.56 bits per heavy atom. The summed E-state index contributed by atoms with van der Waals surface area (Å²) < 4.78 is 19.1. The highest BCUT2D eigenvalue weighted by molar-refractivity contribution is 7.21. The Balaban J connectivity index is 2.31. The van der Waals surface area contributed by atoms with Crippen molar-refractivity contribution in [2.45, 2.75) is 0 Å². The molecular weight excluding hydrogens is 277 g/mol. The van der Waals surface area contributed by atoms with Gasteiger partial charge in [0.2, 0.25) is 0 Å². The van der Waals surface area contributed by atoms with Crippen molar-refractivity contribution in [3.63, 3.8) is 0 Å². The van der Waals surface area contributed by atoms with Gasteiger partial charge in [0.15, 0.2) is 0 Å². The van der Waals surface area contributed by atoms with Crippen LogP contribution in [0.2, 0.25) is 5.02 Å². The van der Waals surface area contributed by atoms with Gasteiger partial charge in [-0.25, -0.2) is 4.39 Å². The number of nitrogens with one attached hydrogen (secondary N) is 1. The summed E-state index contributed by atoms with van der Waals surface area (Å²) in [5.74, 6) is -0.720. The number of carbonyl (C=O) groups is 1. The van der Waals surface area contributed by atoms with Crippen LogP contribution in [0.1, 0.15) is 9.67 Å². The molecule has 1 heterocycles. The van der Waals surface area contributed by atoms with Crippen LogP contribution in [0.5, 0.6) is 0 Å². The van der Waals surface area contributed by atoms with Gasteiger partial charge in [0, 0.05) is 23.7 Å². The lowest BCUT2D eigenvalue weighted by atomic mass is 10.2. The largest absolute Gasteiger partial charge is 0.383 e. The van der Waals surface area contributed by atoms with Crippen LogP contribution in [0.15, 0.2) is 18.2 Å². The van der Waals surface area contributed by atoms with E-state index in [1.807, 2.05) is 0 Å². The highest BCUT2D eigenvalue weighted by Crippen LogP contribution is 2.36. The molecule has 1 amide bonds. The summed E-state index contributed by atoms with van der Waals surface area (Å²) in [4.78, 5) is 12.2. The summed E-state index contributed by atoms with van der Waals surface area (Å²) in [5, 5.41) is 3.14. The number of ether oxygens (including phenoxy) is 1. The van der Waals surface area contributed by atoms with E-state index in [2.05, 4.69) is 5.32 Å². The van der Waals surface area contributed by atoms with Crippen molar-refractivity contribution in [1.82, 2.24) is 5.32 Å². The van der Waals surface area contributed by atoms with Gasteiger partial charge in [0.1, 0.15) is 10.7 Å². The smallest absolute Gasteiger partial charge is 0.263 e. The first kappa shape index (κ1) is 13.3. The van der Waals surface area contributed by atoms with E-state index in [0.29, 0.717) is 28.1 Å². The minimum atomic E-state index is -0.412. The number of carbonyl (C=O) groups excluding carboxylic acids is 1. The summed E-state index contributed by atoms with van der Waals surface area (Å²) >= 11 is 7.23. The van der Waals surface area contributed by atoms with Crippen molar-refractivity contribution in [3.8, 4) is 0 Å². The quantitative estimate of drug-likeness (QED) is 0.878. The van der Waals surface area contributed by atoms with Gasteiger partial charge < -0.3 is 10.1 Å². The molecule has 0 saturated heterocycles. The van der Waals surface area contributed by atoms with E-state index in [9.17, 15) is 9.18 Å². The number of fused-ring (bicyclic) bond motifs is 1. The maximum Gasteiger partial charge on any atom is 0.263 e. The number of amides is 1. The maximum absolute atomic E-state index is 13.6. The van der Waals surface area contributed by atoms with E-state index in [0.717, 1.165) is 0 Å². The van der Waals surface area contributed by atoms with E-state index in [1.54, 1.807) is 19.2 Å². The first-order valence-corrected chi connectivity index (χ1v) is 6.48. The predicted octanol–water partition coefficient (Wildman–Crippen LogP) is 3.07. The van der Waals surface area contributed by atoms with Crippen molar-refractivity contribution >= 4 is 38.9 Å². The molecule has 2 aromatic rings. The van der Waals surface area contributed by atoms with Gasteiger partial charge in [-0.1, -0.05) is 17.7 Å². The molecule has 0 fully saturated rings. The molecular formula is C12H11ClFNO2S. The zero-order valence-corrected chi connectivity index (χ0v) is 11.2. The van der Waals surface area contributed by atoms with Crippen molar-refractivity contribution < 1.29 is 13.9 Å². The van der Waals surface area contributed by atoms with E-state index in [-0.39, 0.29) is 10.9 Å². The van der Waals surface area contributed by atoms with Crippen LogP contribution < -0.4 is 5.32 Å².